The summed E-state index contributed by atoms with van der Waals surface area (Å²) in [4.78, 5) is 0. The second-order valence-corrected chi connectivity index (χ2v) is 7.93. The van der Waals surface area contributed by atoms with Crippen LogP contribution in [0.1, 0.15) is 52.9 Å². The largest absolute Gasteiger partial charge is 0.317 e. The molecule has 1 heteroatoms. The van der Waals surface area contributed by atoms with Gasteiger partial charge in [-0.1, -0.05) is 20.8 Å². The average Bonchev–Trinajstić information content (AvgIpc) is 2.74. The first-order chi connectivity index (χ1) is 8.61. The lowest BCUT2D eigenvalue weighted by molar-refractivity contribution is 0.304. The Kier molecular flexibility index (Phi) is 3.47. The maximum atomic E-state index is 3.67. The van der Waals surface area contributed by atoms with Crippen molar-refractivity contribution in [3.63, 3.8) is 0 Å². The quantitative estimate of drug-likeness (QED) is 0.752. The summed E-state index contributed by atoms with van der Waals surface area (Å²) < 4.78 is 0. The summed E-state index contributed by atoms with van der Waals surface area (Å²) in [5, 5.41) is 3.67. The molecule has 0 spiro atoms. The normalized spacial score (nSPS) is 44.2. The van der Waals surface area contributed by atoms with E-state index in [1.165, 1.54) is 12.8 Å². The van der Waals surface area contributed by atoms with Crippen molar-refractivity contribution in [3.05, 3.63) is 0 Å². The van der Waals surface area contributed by atoms with E-state index >= 15 is 0 Å². The summed E-state index contributed by atoms with van der Waals surface area (Å²) in [7, 11) is 2.20. The summed E-state index contributed by atoms with van der Waals surface area (Å²) in [6, 6.07) is 0.817. The summed E-state index contributed by atoms with van der Waals surface area (Å²) in [5.74, 6) is 7.31. The van der Waals surface area contributed by atoms with E-state index in [2.05, 4.69) is 33.1 Å². The number of hydrogen-bond acceptors (Lipinski definition) is 1. The first-order valence-electron chi connectivity index (χ1n) is 8.29. The van der Waals surface area contributed by atoms with Crippen LogP contribution in [0.3, 0.4) is 0 Å². The minimum Gasteiger partial charge on any atom is -0.317 e. The van der Waals surface area contributed by atoms with Crippen molar-refractivity contribution in [3.8, 4) is 0 Å². The van der Waals surface area contributed by atoms with Crippen LogP contribution < -0.4 is 5.32 Å². The molecule has 3 fully saturated rings. The topological polar surface area (TPSA) is 12.0 Å². The van der Waals surface area contributed by atoms with E-state index < -0.39 is 0 Å². The lowest BCUT2D eigenvalue weighted by atomic mass is 9.88. The van der Waals surface area contributed by atoms with Gasteiger partial charge in [0.05, 0.1) is 0 Å². The van der Waals surface area contributed by atoms with Gasteiger partial charge in [-0.15, -0.1) is 0 Å². The van der Waals surface area contributed by atoms with Crippen molar-refractivity contribution in [2.75, 3.05) is 7.05 Å². The molecule has 0 aliphatic heterocycles. The molecule has 0 heterocycles. The van der Waals surface area contributed by atoms with E-state index in [4.69, 9.17) is 0 Å². The molecule has 2 bridgehead atoms. The zero-order chi connectivity index (χ0) is 12.9. The zero-order valence-electron chi connectivity index (χ0n) is 12.7. The maximum Gasteiger partial charge on any atom is 0.0101 e. The molecule has 3 aliphatic rings. The average molecular weight is 249 g/mol. The van der Waals surface area contributed by atoms with E-state index in [-0.39, 0.29) is 0 Å². The van der Waals surface area contributed by atoms with Crippen molar-refractivity contribution >= 4 is 0 Å². The molecule has 6 atom stereocenters. The highest BCUT2D eigenvalue weighted by Crippen LogP contribution is 2.70. The SMILES string of the molecule is CNC(CC(C)CC(C)C)C1C2C3CCC(C3)C21. The van der Waals surface area contributed by atoms with Gasteiger partial charge >= 0.3 is 0 Å². The molecule has 0 amide bonds. The first-order valence-corrected chi connectivity index (χ1v) is 8.29. The molecular weight excluding hydrogens is 218 g/mol. The zero-order valence-corrected chi connectivity index (χ0v) is 12.7. The van der Waals surface area contributed by atoms with Gasteiger partial charge in [0.1, 0.15) is 0 Å². The molecular formula is C17H31N. The lowest BCUT2D eigenvalue weighted by Crippen LogP contribution is -2.32. The van der Waals surface area contributed by atoms with Gasteiger partial charge < -0.3 is 5.32 Å². The molecule has 0 saturated heterocycles. The van der Waals surface area contributed by atoms with Gasteiger partial charge in [0.2, 0.25) is 0 Å². The van der Waals surface area contributed by atoms with Gasteiger partial charge in [-0.2, -0.15) is 0 Å². The fourth-order valence-corrected chi connectivity index (χ4v) is 5.73. The third-order valence-electron chi connectivity index (χ3n) is 6.16. The van der Waals surface area contributed by atoms with E-state index in [1.807, 2.05) is 0 Å². The molecule has 104 valence electrons. The highest BCUT2D eigenvalue weighted by atomic mass is 14.9. The Morgan fingerprint density at radius 2 is 1.61 bits per heavy atom. The Labute approximate surface area is 113 Å². The van der Waals surface area contributed by atoms with Gasteiger partial charge in [0.15, 0.2) is 0 Å². The Bertz CT molecular complexity index is 282. The third kappa shape index (κ3) is 2.13. The van der Waals surface area contributed by atoms with Crippen LogP contribution in [0.25, 0.3) is 0 Å². The van der Waals surface area contributed by atoms with E-state index in [9.17, 15) is 0 Å². The van der Waals surface area contributed by atoms with Gasteiger partial charge in [-0.3, -0.25) is 0 Å². The monoisotopic (exact) mass is 249 g/mol. The van der Waals surface area contributed by atoms with Gasteiger partial charge in [0, 0.05) is 6.04 Å². The Morgan fingerprint density at radius 1 is 1.00 bits per heavy atom. The molecule has 3 rings (SSSR count). The number of fused-ring (bicyclic) bond motifs is 5. The van der Waals surface area contributed by atoms with Crippen molar-refractivity contribution in [2.24, 2.45) is 41.4 Å². The van der Waals surface area contributed by atoms with Gasteiger partial charge in [-0.25, -0.2) is 0 Å². The van der Waals surface area contributed by atoms with Crippen LogP contribution in [0.15, 0.2) is 0 Å². The third-order valence-corrected chi connectivity index (χ3v) is 6.16. The maximum absolute atomic E-state index is 3.67. The van der Waals surface area contributed by atoms with E-state index in [0.29, 0.717) is 0 Å². The van der Waals surface area contributed by atoms with Crippen LogP contribution in [-0.2, 0) is 0 Å². The number of rotatable bonds is 6. The Morgan fingerprint density at radius 3 is 2.11 bits per heavy atom. The highest BCUT2D eigenvalue weighted by Gasteiger charge is 2.66. The standard InChI is InChI=1S/C17H31N/c1-10(2)7-11(3)8-14(18-4)17-15-12-5-6-13(9-12)16(15)17/h10-18H,5-9H2,1-4H3. The fourth-order valence-electron chi connectivity index (χ4n) is 5.73. The van der Waals surface area contributed by atoms with Crippen molar-refractivity contribution in [1.82, 2.24) is 5.32 Å². The van der Waals surface area contributed by atoms with Gasteiger partial charge in [0.25, 0.3) is 0 Å². The van der Waals surface area contributed by atoms with E-state index in [0.717, 1.165) is 47.5 Å². The van der Waals surface area contributed by atoms with Crippen LogP contribution in [-0.4, -0.2) is 13.1 Å². The Hall–Kier alpha value is -0.0400. The predicted octanol–water partition coefficient (Wildman–Crippen LogP) is 3.94. The molecule has 3 saturated carbocycles. The van der Waals surface area contributed by atoms with Crippen molar-refractivity contribution in [2.45, 2.75) is 58.9 Å². The fraction of sp³-hybridized carbons (Fsp3) is 1.00. The second kappa shape index (κ2) is 4.81. The minimum absolute atomic E-state index is 0.817. The van der Waals surface area contributed by atoms with Crippen LogP contribution in [0.5, 0.6) is 0 Å². The molecule has 0 radical (unpaired) electrons. The molecule has 1 N–H and O–H groups in total. The first kappa shape index (κ1) is 13.0. The molecule has 0 aromatic carbocycles. The summed E-state index contributed by atoms with van der Waals surface area (Å²) in [6.07, 6.45) is 7.50. The molecule has 0 aromatic heterocycles. The number of nitrogens with one attached hydrogen (secondary N) is 1. The summed E-state index contributed by atoms with van der Waals surface area (Å²) in [5.41, 5.74) is 0. The Balaban J connectivity index is 1.55. The minimum atomic E-state index is 0.817. The molecule has 3 aliphatic carbocycles. The highest BCUT2D eigenvalue weighted by molar-refractivity contribution is 5.15. The smallest absolute Gasteiger partial charge is 0.0101 e. The molecule has 0 aromatic rings. The molecule has 6 unspecified atom stereocenters. The van der Waals surface area contributed by atoms with Crippen molar-refractivity contribution < 1.29 is 0 Å². The van der Waals surface area contributed by atoms with Crippen LogP contribution in [0.4, 0.5) is 0 Å². The summed E-state index contributed by atoms with van der Waals surface area (Å²) >= 11 is 0. The van der Waals surface area contributed by atoms with Crippen LogP contribution >= 0.6 is 0 Å². The van der Waals surface area contributed by atoms with E-state index in [1.54, 1.807) is 19.3 Å². The molecule has 1 nitrogen and oxygen atoms in total. The molecule has 18 heavy (non-hydrogen) atoms. The predicted molar refractivity (Wildman–Crippen MR) is 77.4 cm³/mol. The lowest BCUT2D eigenvalue weighted by Gasteiger charge is -2.24. The van der Waals surface area contributed by atoms with Gasteiger partial charge in [-0.05, 0) is 80.6 Å². The van der Waals surface area contributed by atoms with Crippen molar-refractivity contribution in [1.29, 1.82) is 0 Å². The van der Waals surface area contributed by atoms with Crippen LogP contribution in [0.2, 0.25) is 0 Å². The van der Waals surface area contributed by atoms with Crippen LogP contribution in [0, 0.1) is 41.4 Å². The second-order valence-electron chi connectivity index (χ2n) is 7.93. The number of hydrogen-bond donors (Lipinski definition) is 1. The summed E-state index contributed by atoms with van der Waals surface area (Å²) in [6.45, 7) is 7.17.